The Morgan fingerprint density at radius 3 is 2.39 bits per heavy atom. The number of benzene rings is 1. The molecule has 1 heterocycles. The Hall–Kier alpha value is -2.70. The van der Waals surface area contributed by atoms with Crippen molar-refractivity contribution in [3.8, 4) is 5.69 Å². The predicted octanol–water partition coefficient (Wildman–Crippen LogP) is 3.97. The summed E-state index contributed by atoms with van der Waals surface area (Å²) in [5.74, 6) is -0.193. The standard InChI is InChI=1S/C21H25FN2O4/c1-21(2,3)28-20(27)24-18(25)11-12-23(19(24)26)15-9-10-16(17(22)13-15)14-7-5-4-6-8-14/h9-14H,4-8H2,1-3H3. The van der Waals surface area contributed by atoms with Gasteiger partial charge in [-0.15, -0.1) is 0 Å². The molecule has 0 unspecified atom stereocenters. The molecule has 1 aromatic heterocycles. The quantitative estimate of drug-likeness (QED) is 0.781. The summed E-state index contributed by atoms with van der Waals surface area (Å²) < 4.78 is 21.4. The first-order chi connectivity index (χ1) is 13.2. The molecule has 1 saturated carbocycles. The van der Waals surface area contributed by atoms with Crippen LogP contribution in [-0.2, 0) is 4.74 Å². The Morgan fingerprint density at radius 2 is 1.79 bits per heavy atom. The van der Waals surface area contributed by atoms with Gasteiger partial charge in [0.1, 0.15) is 11.4 Å². The van der Waals surface area contributed by atoms with Crippen LogP contribution in [0.3, 0.4) is 0 Å². The monoisotopic (exact) mass is 388 g/mol. The maximum atomic E-state index is 14.7. The fourth-order valence-corrected chi connectivity index (χ4v) is 3.56. The zero-order chi connectivity index (χ0) is 20.5. The molecule has 3 rings (SSSR count). The van der Waals surface area contributed by atoms with Crippen LogP contribution in [0, 0.1) is 5.82 Å². The molecule has 1 fully saturated rings. The van der Waals surface area contributed by atoms with E-state index in [0.29, 0.717) is 10.1 Å². The number of hydrogen-bond donors (Lipinski definition) is 0. The van der Waals surface area contributed by atoms with Crippen molar-refractivity contribution in [1.82, 2.24) is 9.13 Å². The second kappa shape index (κ2) is 7.73. The van der Waals surface area contributed by atoms with Gasteiger partial charge in [-0.1, -0.05) is 25.3 Å². The summed E-state index contributed by atoms with van der Waals surface area (Å²) in [4.78, 5) is 37.0. The van der Waals surface area contributed by atoms with Crippen LogP contribution in [0.1, 0.15) is 64.4 Å². The van der Waals surface area contributed by atoms with Gasteiger partial charge < -0.3 is 4.74 Å². The third-order valence-electron chi connectivity index (χ3n) is 4.87. The van der Waals surface area contributed by atoms with E-state index >= 15 is 0 Å². The molecule has 0 spiro atoms. The fraction of sp³-hybridized carbons (Fsp3) is 0.476. The SMILES string of the molecule is CC(C)(C)OC(=O)n1c(=O)ccn(-c2ccc(C3CCCCC3)c(F)c2)c1=O. The lowest BCUT2D eigenvalue weighted by molar-refractivity contribution is 0.0521. The molecule has 1 aliphatic carbocycles. The van der Waals surface area contributed by atoms with Gasteiger partial charge >= 0.3 is 11.8 Å². The number of aromatic nitrogens is 2. The minimum Gasteiger partial charge on any atom is -0.443 e. The van der Waals surface area contributed by atoms with Crippen LogP contribution in [0.2, 0.25) is 0 Å². The molecule has 0 bridgehead atoms. The Balaban J connectivity index is 1.99. The van der Waals surface area contributed by atoms with E-state index in [-0.39, 0.29) is 17.4 Å². The molecule has 0 N–H and O–H groups in total. The van der Waals surface area contributed by atoms with Gasteiger partial charge in [-0.05, 0) is 57.2 Å². The lowest BCUT2D eigenvalue weighted by atomic mass is 9.84. The van der Waals surface area contributed by atoms with Crippen molar-refractivity contribution >= 4 is 6.09 Å². The Morgan fingerprint density at radius 1 is 1.11 bits per heavy atom. The number of carbonyl (C=O) groups is 1. The van der Waals surface area contributed by atoms with Crippen LogP contribution >= 0.6 is 0 Å². The summed E-state index contributed by atoms with van der Waals surface area (Å²) in [6, 6.07) is 5.68. The molecule has 0 atom stereocenters. The highest BCUT2D eigenvalue weighted by atomic mass is 19.1. The van der Waals surface area contributed by atoms with E-state index in [9.17, 15) is 18.8 Å². The molecular weight excluding hydrogens is 363 g/mol. The summed E-state index contributed by atoms with van der Waals surface area (Å²) in [6.45, 7) is 4.91. The van der Waals surface area contributed by atoms with Crippen molar-refractivity contribution in [2.24, 2.45) is 0 Å². The van der Waals surface area contributed by atoms with E-state index in [1.165, 1.54) is 18.7 Å². The van der Waals surface area contributed by atoms with Crippen molar-refractivity contribution in [3.63, 3.8) is 0 Å². The van der Waals surface area contributed by atoms with Crippen LogP contribution < -0.4 is 11.2 Å². The molecule has 150 valence electrons. The maximum Gasteiger partial charge on any atom is 0.425 e. The third kappa shape index (κ3) is 4.24. The van der Waals surface area contributed by atoms with Gasteiger partial charge in [0.15, 0.2) is 0 Å². The predicted molar refractivity (Wildman–Crippen MR) is 104 cm³/mol. The van der Waals surface area contributed by atoms with Crippen LogP contribution in [-0.4, -0.2) is 20.8 Å². The number of halogens is 1. The van der Waals surface area contributed by atoms with Gasteiger partial charge in [-0.2, -0.15) is 4.57 Å². The van der Waals surface area contributed by atoms with Crippen molar-refractivity contribution in [2.75, 3.05) is 0 Å². The van der Waals surface area contributed by atoms with E-state index in [2.05, 4.69) is 0 Å². The van der Waals surface area contributed by atoms with Crippen LogP contribution in [0.4, 0.5) is 9.18 Å². The molecule has 0 aliphatic heterocycles. The smallest absolute Gasteiger partial charge is 0.425 e. The first-order valence-electron chi connectivity index (χ1n) is 9.55. The maximum absolute atomic E-state index is 14.7. The van der Waals surface area contributed by atoms with Crippen molar-refractivity contribution in [2.45, 2.75) is 64.4 Å². The minimum atomic E-state index is -1.06. The molecule has 0 saturated heterocycles. The lowest BCUT2D eigenvalue weighted by Gasteiger charge is -2.23. The van der Waals surface area contributed by atoms with Gasteiger partial charge in [0.05, 0.1) is 5.69 Å². The Labute approximate surface area is 162 Å². The lowest BCUT2D eigenvalue weighted by Crippen LogP contribution is -2.44. The number of carbonyl (C=O) groups excluding carboxylic acids is 1. The van der Waals surface area contributed by atoms with Crippen LogP contribution in [0.25, 0.3) is 5.69 Å². The second-order valence-corrected chi connectivity index (χ2v) is 8.16. The molecule has 1 aliphatic rings. The number of nitrogens with zero attached hydrogens (tertiary/aromatic N) is 2. The number of hydrogen-bond acceptors (Lipinski definition) is 4. The van der Waals surface area contributed by atoms with E-state index in [0.717, 1.165) is 36.3 Å². The molecule has 0 amide bonds. The van der Waals surface area contributed by atoms with E-state index in [1.54, 1.807) is 32.9 Å². The highest BCUT2D eigenvalue weighted by molar-refractivity contribution is 5.70. The summed E-state index contributed by atoms with van der Waals surface area (Å²) in [5, 5.41) is 0. The molecule has 7 heteroatoms. The summed E-state index contributed by atoms with van der Waals surface area (Å²) >= 11 is 0. The van der Waals surface area contributed by atoms with Crippen molar-refractivity contribution in [3.05, 3.63) is 62.7 Å². The topological polar surface area (TPSA) is 70.3 Å². The van der Waals surface area contributed by atoms with Gasteiger partial charge in [-0.3, -0.25) is 9.36 Å². The third-order valence-corrected chi connectivity index (χ3v) is 4.87. The first kappa shape index (κ1) is 20.0. The van der Waals surface area contributed by atoms with Gasteiger partial charge in [0.2, 0.25) is 0 Å². The summed E-state index contributed by atoms with van der Waals surface area (Å²) in [7, 11) is 0. The van der Waals surface area contributed by atoms with Crippen molar-refractivity contribution < 1.29 is 13.9 Å². The fourth-order valence-electron chi connectivity index (χ4n) is 3.56. The van der Waals surface area contributed by atoms with E-state index in [1.807, 2.05) is 0 Å². The average Bonchev–Trinajstić information content (AvgIpc) is 2.61. The highest BCUT2D eigenvalue weighted by Gasteiger charge is 2.23. The minimum absolute atomic E-state index is 0.190. The number of ether oxygens (including phenoxy) is 1. The molecular formula is C21H25FN2O4. The Kier molecular flexibility index (Phi) is 5.54. The van der Waals surface area contributed by atoms with E-state index < -0.39 is 22.9 Å². The van der Waals surface area contributed by atoms with E-state index in [4.69, 9.17) is 4.74 Å². The normalized spacial score (nSPS) is 15.4. The van der Waals surface area contributed by atoms with Gasteiger partial charge in [-0.25, -0.2) is 14.0 Å². The molecule has 0 radical (unpaired) electrons. The zero-order valence-corrected chi connectivity index (χ0v) is 16.4. The first-order valence-corrected chi connectivity index (χ1v) is 9.55. The molecule has 28 heavy (non-hydrogen) atoms. The van der Waals surface area contributed by atoms with Crippen LogP contribution in [0.5, 0.6) is 0 Å². The Bertz CT molecular complexity index is 995. The number of rotatable bonds is 2. The average molecular weight is 388 g/mol. The van der Waals surface area contributed by atoms with Crippen LogP contribution in [0.15, 0.2) is 40.1 Å². The highest BCUT2D eigenvalue weighted by Crippen LogP contribution is 2.34. The second-order valence-electron chi connectivity index (χ2n) is 8.16. The molecule has 6 nitrogen and oxygen atoms in total. The van der Waals surface area contributed by atoms with Gasteiger partial charge in [0.25, 0.3) is 5.56 Å². The summed E-state index contributed by atoms with van der Waals surface area (Å²) in [6.07, 6.45) is 5.45. The molecule has 2 aromatic rings. The summed E-state index contributed by atoms with van der Waals surface area (Å²) in [5.41, 5.74) is -1.66. The zero-order valence-electron chi connectivity index (χ0n) is 16.4. The molecule has 1 aromatic carbocycles. The van der Waals surface area contributed by atoms with Gasteiger partial charge in [0, 0.05) is 12.3 Å². The largest absolute Gasteiger partial charge is 0.443 e. The van der Waals surface area contributed by atoms with Crippen molar-refractivity contribution in [1.29, 1.82) is 0 Å².